The second-order valence-corrected chi connectivity index (χ2v) is 7.05. The van der Waals surface area contributed by atoms with Gasteiger partial charge in [0.1, 0.15) is 5.57 Å². The number of hydrogen-bond acceptors (Lipinski definition) is 6. The summed E-state index contributed by atoms with van der Waals surface area (Å²) in [5, 5.41) is 5.40. The van der Waals surface area contributed by atoms with E-state index in [9.17, 15) is 19.2 Å². The number of hydrogen-bond donors (Lipinski definition) is 2. The highest BCUT2D eigenvalue weighted by atomic mass is 32.1. The van der Waals surface area contributed by atoms with Crippen molar-refractivity contribution in [2.24, 2.45) is 0 Å². The predicted molar refractivity (Wildman–Crippen MR) is 116 cm³/mol. The maximum Gasteiger partial charge on any atom is 0.337 e. The first-order valence-corrected chi connectivity index (χ1v) is 9.51. The van der Waals surface area contributed by atoms with E-state index in [4.69, 9.17) is 12.2 Å². The molecule has 2 N–H and O–H groups in total. The zero-order chi connectivity index (χ0) is 22.1. The van der Waals surface area contributed by atoms with Crippen molar-refractivity contribution in [2.75, 3.05) is 7.11 Å². The molecule has 0 unspecified atom stereocenters. The summed E-state index contributed by atoms with van der Waals surface area (Å²) in [7, 11) is 1.28. The van der Waals surface area contributed by atoms with Crippen LogP contribution in [0.4, 0.5) is 0 Å². The summed E-state index contributed by atoms with van der Waals surface area (Å²) in [6.07, 6.45) is 2.97. The lowest BCUT2D eigenvalue weighted by atomic mass is 10.1. The van der Waals surface area contributed by atoms with Gasteiger partial charge in [0.25, 0.3) is 17.7 Å². The molecular weight excluding hydrogens is 418 g/mol. The summed E-state index contributed by atoms with van der Waals surface area (Å²) >= 11 is 4.81. The number of fused-ring (bicyclic) bond motifs is 1. The predicted octanol–water partition coefficient (Wildman–Crippen LogP) is 2.03. The smallest absolute Gasteiger partial charge is 0.337 e. The number of para-hydroxylation sites is 1. The van der Waals surface area contributed by atoms with Crippen molar-refractivity contribution in [3.8, 4) is 0 Å². The van der Waals surface area contributed by atoms with Crippen molar-refractivity contribution in [1.29, 1.82) is 0 Å². The molecule has 4 rings (SSSR count). The molecule has 1 aliphatic rings. The number of carbonyl (C=O) groups is 4. The molecule has 0 saturated carbocycles. The van der Waals surface area contributed by atoms with Gasteiger partial charge in [-0.05, 0) is 48.6 Å². The Labute approximate surface area is 181 Å². The van der Waals surface area contributed by atoms with Crippen molar-refractivity contribution in [3.63, 3.8) is 0 Å². The molecule has 2 heterocycles. The molecule has 0 radical (unpaired) electrons. The highest BCUT2D eigenvalue weighted by molar-refractivity contribution is 7.80. The van der Waals surface area contributed by atoms with E-state index in [-0.39, 0.29) is 16.6 Å². The molecule has 1 fully saturated rings. The molecule has 1 saturated heterocycles. The second-order valence-electron chi connectivity index (χ2n) is 6.64. The lowest BCUT2D eigenvalue weighted by Crippen LogP contribution is -2.51. The number of carbonyl (C=O) groups excluding carboxylic acids is 4. The van der Waals surface area contributed by atoms with E-state index in [2.05, 4.69) is 15.4 Å². The first kappa shape index (κ1) is 20.2. The molecule has 154 valence electrons. The minimum Gasteiger partial charge on any atom is -0.465 e. The van der Waals surface area contributed by atoms with Crippen LogP contribution in [0, 0.1) is 0 Å². The van der Waals surface area contributed by atoms with E-state index in [1.807, 2.05) is 0 Å². The van der Waals surface area contributed by atoms with Crippen LogP contribution >= 0.6 is 12.2 Å². The van der Waals surface area contributed by atoms with Crippen molar-refractivity contribution in [2.45, 2.75) is 0 Å². The molecule has 2 amide bonds. The van der Waals surface area contributed by atoms with Gasteiger partial charge in [-0.2, -0.15) is 0 Å². The minimum absolute atomic E-state index is 0.0554. The lowest BCUT2D eigenvalue weighted by molar-refractivity contribution is -0.123. The molecule has 9 heteroatoms. The van der Waals surface area contributed by atoms with E-state index in [1.165, 1.54) is 42.0 Å². The molecule has 0 atom stereocenters. The Morgan fingerprint density at radius 3 is 2.23 bits per heavy atom. The summed E-state index contributed by atoms with van der Waals surface area (Å²) in [4.78, 5) is 49.1. The maximum absolute atomic E-state index is 13.1. The number of methoxy groups -OCH3 is 1. The number of rotatable bonds is 3. The van der Waals surface area contributed by atoms with Crippen molar-refractivity contribution in [3.05, 3.63) is 77.0 Å². The first-order chi connectivity index (χ1) is 14.9. The van der Waals surface area contributed by atoms with Crippen LogP contribution in [0.3, 0.4) is 0 Å². The van der Waals surface area contributed by atoms with E-state index in [0.717, 1.165) is 0 Å². The Bertz CT molecular complexity index is 1280. The van der Waals surface area contributed by atoms with E-state index < -0.39 is 17.8 Å². The Morgan fingerprint density at radius 1 is 0.968 bits per heavy atom. The van der Waals surface area contributed by atoms with Crippen molar-refractivity contribution in [1.82, 2.24) is 15.2 Å². The Kier molecular flexibility index (Phi) is 5.18. The van der Waals surface area contributed by atoms with Gasteiger partial charge < -0.3 is 4.74 Å². The molecule has 31 heavy (non-hydrogen) atoms. The molecule has 8 nitrogen and oxygen atoms in total. The average Bonchev–Trinajstić information content (AvgIpc) is 3.14. The maximum atomic E-state index is 13.1. The van der Waals surface area contributed by atoms with Crippen LogP contribution in [-0.4, -0.2) is 40.5 Å². The number of nitrogens with one attached hydrogen (secondary N) is 2. The quantitative estimate of drug-likeness (QED) is 0.283. The molecule has 1 aliphatic heterocycles. The van der Waals surface area contributed by atoms with E-state index in [1.54, 1.807) is 30.5 Å². The highest BCUT2D eigenvalue weighted by Gasteiger charge is 2.26. The average molecular weight is 433 g/mol. The fourth-order valence-electron chi connectivity index (χ4n) is 3.26. The van der Waals surface area contributed by atoms with E-state index in [0.29, 0.717) is 27.6 Å². The third-order valence-electron chi connectivity index (χ3n) is 4.76. The number of nitrogens with zero attached hydrogens (tertiary/aromatic N) is 1. The van der Waals surface area contributed by atoms with Gasteiger partial charge in [-0.1, -0.05) is 18.2 Å². The molecule has 1 aromatic heterocycles. The van der Waals surface area contributed by atoms with Gasteiger partial charge in [-0.15, -0.1) is 0 Å². The van der Waals surface area contributed by atoms with Crippen LogP contribution in [0.25, 0.3) is 17.0 Å². The van der Waals surface area contributed by atoms with Gasteiger partial charge in [0.2, 0.25) is 0 Å². The number of amides is 2. The van der Waals surface area contributed by atoms with Crippen molar-refractivity contribution < 1.29 is 23.9 Å². The molecule has 3 aromatic rings. The van der Waals surface area contributed by atoms with Gasteiger partial charge in [0.05, 0.1) is 18.2 Å². The molecule has 2 aromatic carbocycles. The Hall–Kier alpha value is -4.11. The second kappa shape index (κ2) is 7.96. The fourth-order valence-corrected chi connectivity index (χ4v) is 3.44. The van der Waals surface area contributed by atoms with Crippen LogP contribution in [0.2, 0.25) is 0 Å². The lowest BCUT2D eigenvalue weighted by Gasteiger charge is -2.16. The SMILES string of the molecule is COC(=O)c1ccc(C(=O)n2cc(C=C3C(=O)NC(=S)NC3=O)c3ccccc32)cc1. The normalized spacial score (nSPS) is 13.6. The zero-order valence-electron chi connectivity index (χ0n) is 16.2. The topological polar surface area (TPSA) is 106 Å². The number of aromatic nitrogens is 1. The van der Waals surface area contributed by atoms with Gasteiger partial charge in [0, 0.05) is 22.7 Å². The summed E-state index contributed by atoms with van der Waals surface area (Å²) in [5.74, 6) is -2.07. The van der Waals surface area contributed by atoms with Gasteiger partial charge >= 0.3 is 5.97 Å². The summed E-state index contributed by atoms with van der Waals surface area (Å²) in [5.41, 5.74) is 1.68. The third kappa shape index (κ3) is 3.74. The number of benzene rings is 2. The molecule has 0 spiro atoms. The van der Waals surface area contributed by atoms with Gasteiger partial charge in [0.15, 0.2) is 5.11 Å². The van der Waals surface area contributed by atoms with Crippen molar-refractivity contribution >= 4 is 58.0 Å². The summed E-state index contributed by atoms with van der Waals surface area (Å²) in [6, 6.07) is 13.2. The third-order valence-corrected chi connectivity index (χ3v) is 4.96. The monoisotopic (exact) mass is 433 g/mol. The summed E-state index contributed by atoms with van der Waals surface area (Å²) in [6.45, 7) is 0. The molecule has 0 aliphatic carbocycles. The highest BCUT2D eigenvalue weighted by Crippen LogP contribution is 2.25. The number of esters is 1. The number of thiocarbonyl (C=S) groups is 1. The Balaban J connectivity index is 1.77. The molecular formula is C22H15N3O5S. The Morgan fingerprint density at radius 2 is 1.58 bits per heavy atom. The van der Waals surface area contributed by atoms with Crippen LogP contribution in [-0.2, 0) is 14.3 Å². The fraction of sp³-hybridized carbons (Fsp3) is 0.0455. The van der Waals surface area contributed by atoms with Gasteiger partial charge in [-0.3, -0.25) is 29.6 Å². The van der Waals surface area contributed by atoms with Crippen LogP contribution in [0.5, 0.6) is 0 Å². The van der Waals surface area contributed by atoms with Crippen LogP contribution < -0.4 is 10.6 Å². The molecule has 0 bridgehead atoms. The van der Waals surface area contributed by atoms with Crippen LogP contribution in [0.15, 0.2) is 60.3 Å². The number of ether oxygens (including phenoxy) is 1. The largest absolute Gasteiger partial charge is 0.465 e. The van der Waals surface area contributed by atoms with Crippen LogP contribution in [0.1, 0.15) is 26.3 Å². The van der Waals surface area contributed by atoms with Gasteiger partial charge in [-0.25, -0.2) is 4.79 Å². The first-order valence-electron chi connectivity index (χ1n) is 9.10. The van der Waals surface area contributed by atoms with E-state index >= 15 is 0 Å². The standard InChI is InChI=1S/C22H15N3O5S/c1-30-21(29)13-8-6-12(7-9-13)20(28)25-11-14(15-4-2-3-5-17(15)25)10-16-18(26)23-22(31)24-19(16)27/h2-11H,1H3,(H2,23,24,26,27,31). The zero-order valence-corrected chi connectivity index (χ0v) is 17.0. The summed E-state index contributed by atoms with van der Waals surface area (Å²) < 4.78 is 6.10. The minimum atomic E-state index is -0.615.